The number of carbonyl (C=O) groups is 1. The van der Waals surface area contributed by atoms with E-state index >= 15 is 0 Å². The summed E-state index contributed by atoms with van der Waals surface area (Å²) in [6, 6.07) is 16.2. The van der Waals surface area contributed by atoms with Crippen LogP contribution in [-0.4, -0.2) is 33.5 Å². The molecule has 2 aliphatic rings. The Morgan fingerprint density at radius 2 is 1.79 bits per heavy atom. The molecular weight excluding hydrogens is 448 g/mol. The number of rotatable bonds is 6. The van der Waals surface area contributed by atoms with Crippen LogP contribution >= 0.6 is 11.8 Å². The van der Waals surface area contributed by atoms with E-state index in [1.807, 2.05) is 54.0 Å². The summed E-state index contributed by atoms with van der Waals surface area (Å²) in [5.74, 6) is 0.476. The van der Waals surface area contributed by atoms with E-state index in [9.17, 15) is 9.59 Å². The monoisotopic (exact) mass is 478 g/mol. The molecule has 1 saturated heterocycles. The molecule has 1 aliphatic carbocycles. The maximum Gasteiger partial charge on any atom is 0.350 e. The van der Waals surface area contributed by atoms with Crippen LogP contribution in [0.3, 0.4) is 0 Å². The minimum Gasteiger partial charge on any atom is -0.381 e. The first-order valence-electron chi connectivity index (χ1n) is 11.9. The van der Waals surface area contributed by atoms with Crippen molar-refractivity contribution >= 4 is 17.7 Å². The normalized spacial score (nSPS) is 18.3. The predicted octanol–water partition coefficient (Wildman–Crippen LogP) is 4.14. The van der Waals surface area contributed by atoms with Crippen molar-refractivity contribution in [2.75, 3.05) is 13.2 Å². The highest BCUT2D eigenvalue weighted by molar-refractivity contribution is 7.99. The summed E-state index contributed by atoms with van der Waals surface area (Å²) in [5, 5.41) is 4.53. The van der Waals surface area contributed by atoms with Crippen molar-refractivity contribution in [3.8, 4) is 5.69 Å². The standard InChI is InChI=1S/C26H30N4O3S/c1-18-28-30(25(32)29(18)20-6-2-3-7-20)21-9-11-22(12-10-21)34-23-8-4-5-19(17-23)26(24(27)31)13-15-33-16-14-26/h4-5,8-12,17,20H,2-3,6-7,13-16H2,1H3,(H2,27,31). The topological polar surface area (TPSA) is 92.1 Å². The van der Waals surface area contributed by atoms with Crippen LogP contribution < -0.4 is 11.4 Å². The van der Waals surface area contributed by atoms with Crippen LogP contribution in [0.2, 0.25) is 0 Å². The molecule has 1 amide bonds. The Bertz CT molecular complexity index is 1240. The highest BCUT2D eigenvalue weighted by atomic mass is 32.2. The Hall–Kier alpha value is -2.84. The Morgan fingerprint density at radius 3 is 2.47 bits per heavy atom. The van der Waals surface area contributed by atoms with Crippen molar-refractivity contribution in [1.82, 2.24) is 14.3 Å². The van der Waals surface area contributed by atoms with Gasteiger partial charge in [-0.25, -0.2) is 4.79 Å². The number of ether oxygens (including phenoxy) is 1. The van der Waals surface area contributed by atoms with Crippen molar-refractivity contribution in [3.63, 3.8) is 0 Å². The van der Waals surface area contributed by atoms with Gasteiger partial charge in [-0.3, -0.25) is 9.36 Å². The molecule has 0 radical (unpaired) electrons. The Balaban J connectivity index is 1.37. The molecule has 7 nitrogen and oxygen atoms in total. The minimum absolute atomic E-state index is 0.0642. The van der Waals surface area contributed by atoms with Gasteiger partial charge < -0.3 is 10.5 Å². The number of hydrogen-bond donors (Lipinski definition) is 1. The number of amides is 1. The molecule has 5 rings (SSSR count). The van der Waals surface area contributed by atoms with E-state index in [1.165, 1.54) is 17.5 Å². The Kier molecular flexibility index (Phi) is 6.36. The van der Waals surface area contributed by atoms with Crippen LogP contribution in [0, 0.1) is 6.92 Å². The van der Waals surface area contributed by atoms with E-state index < -0.39 is 5.41 Å². The van der Waals surface area contributed by atoms with Crippen molar-refractivity contribution < 1.29 is 9.53 Å². The van der Waals surface area contributed by atoms with Crippen LogP contribution in [0.5, 0.6) is 0 Å². The molecule has 2 N–H and O–H groups in total. The lowest BCUT2D eigenvalue weighted by atomic mass is 9.73. The number of nitrogens with two attached hydrogens (primary N) is 1. The summed E-state index contributed by atoms with van der Waals surface area (Å²) >= 11 is 1.62. The highest BCUT2D eigenvalue weighted by Gasteiger charge is 2.40. The van der Waals surface area contributed by atoms with Gasteiger partial charge in [-0.2, -0.15) is 9.78 Å². The third-order valence-corrected chi connectivity index (χ3v) is 8.19. The van der Waals surface area contributed by atoms with Crippen LogP contribution in [0.25, 0.3) is 5.69 Å². The number of aryl methyl sites for hydroxylation is 1. The average molecular weight is 479 g/mol. The molecule has 2 heterocycles. The fourth-order valence-electron chi connectivity index (χ4n) is 5.27. The quantitative estimate of drug-likeness (QED) is 0.575. The zero-order valence-electron chi connectivity index (χ0n) is 19.4. The maximum atomic E-state index is 13.0. The fourth-order valence-corrected chi connectivity index (χ4v) is 6.15. The first kappa shape index (κ1) is 22.9. The molecule has 8 heteroatoms. The minimum atomic E-state index is -0.671. The third-order valence-electron chi connectivity index (χ3n) is 7.19. The first-order chi connectivity index (χ1) is 16.5. The van der Waals surface area contributed by atoms with E-state index in [4.69, 9.17) is 10.5 Å². The number of carbonyl (C=O) groups excluding carboxylic acids is 1. The molecule has 1 aliphatic heterocycles. The van der Waals surface area contributed by atoms with Gasteiger partial charge in [0.2, 0.25) is 5.91 Å². The van der Waals surface area contributed by atoms with Gasteiger partial charge in [-0.05, 0) is 74.6 Å². The smallest absolute Gasteiger partial charge is 0.350 e. The van der Waals surface area contributed by atoms with Crippen molar-refractivity contribution in [1.29, 1.82) is 0 Å². The summed E-state index contributed by atoms with van der Waals surface area (Å²) in [6.45, 7) is 2.99. The lowest BCUT2D eigenvalue weighted by molar-refractivity contribution is -0.127. The Morgan fingerprint density at radius 1 is 1.09 bits per heavy atom. The summed E-state index contributed by atoms with van der Waals surface area (Å²) < 4.78 is 8.83. The maximum absolute atomic E-state index is 13.0. The second-order valence-corrected chi connectivity index (χ2v) is 10.4. The molecule has 3 aromatic rings. The molecule has 1 aromatic heterocycles. The van der Waals surface area contributed by atoms with Gasteiger partial charge >= 0.3 is 5.69 Å². The van der Waals surface area contributed by atoms with Gasteiger partial charge in [0, 0.05) is 29.0 Å². The Labute approximate surface area is 203 Å². The number of aromatic nitrogens is 3. The molecule has 2 aromatic carbocycles. The van der Waals surface area contributed by atoms with Crippen molar-refractivity contribution in [3.05, 3.63) is 70.4 Å². The summed E-state index contributed by atoms with van der Waals surface area (Å²) in [7, 11) is 0. The lowest BCUT2D eigenvalue weighted by Gasteiger charge is -2.34. The molecule has 0 unspecified atom stereocenters. The van der Waals surface area contributed by atoms with Gasteiger partial charge in [0.15, 0.2) is 0 Å². The molecule has 34 heavy (non-hydrogen) atoms. The molecule has 0 spiro atoms. The van der Waals surface area contributed by atoms with Gasteiger partial charge in [0.1, 0.15) is 5.82 Å². The van der Waals surface area contributed by atoms with Crippen LogP contribution in [0.15, 0.2) is 63.1 Å². The van der Waals surface area contributed by atoms with Crippen LogP contribution in [0.1, 0.15) is 56.0 Å². The van der Waals surface area contributed by atoms with Crippen LogP contribution in [-0.2, 0) is 14.9 Å². The summed E-state index contributed by atoms with van der Waals surface area (Å²) in [5.41, 5.74) is 6.81. The van der Waals surface area contributed by atoms with Gasteiger partial charge in [-0.1, -0.05) is 36.7 Å². The zero-order chi connectivity index (χ0) is 23.7. The molecule has 2 fully saturated rings. The van der Waals surface area contributed by atoms with E-state index in [0.29, 0.717) is 26.1 Å². The highest BCUT2D eigenvalue weighted by Crippen LogP contribution is 2.37. The van der Waals surface area contributed by atoms with Crippen molar-refractivity contribution in [2.45, 2.75) is 66.7 Å². The zero-order valence-corrected chi connectivity index (χ0v) is 20.2. The first-order valence-corrected chi connectivity index (χ1v) is 12.7. The number of nitrogens with zero attached hydrogens (tertiary/aromatic N) is 3. The van der Waals surface area contributed by atoms with E-state index in [0.717, 1.165) is 39.7 Å². The van der Waals surface area contributed by atoms with E-state index in [2.05, 4.69) is 11.2 Å². The predicted molar refractivity (Wildman–Crippen MR) is 132 cm³/mol. The third kappa shape index (κ3) is 4.20. The number of primary amides is 1. The second-order valence-electron chi connectivity index (χ2n) is 9.23. The van der Waals surface area contributed by atoms with Gasteiger partial charge in [0.05, 0.1) is 11.1 Å². The molecule has 178 valence electrons. The number of hydrogen-bond acceptors (Lipinski definition) is 5. The average Bonchev–Trinajstić information content (AvgIpc) is 3.47. The number of benzene rings is 2. The van der Waals surface area contributed by atoms with Crippen molar-refractivity contribution in [2.24, 2.45) is 5.73 Å². The SMILES string of the molecule is Cc1nn(-c2ccc(Sc3cccc(C4(C(N)=O)CCOCC4)c3)cc2)c(=O)n1C1CCCC1. The molecule has 0 bridgehead atoms. The van der Waals surface area contributed by atoms with Gasteiger partial charge in [0.25, 0.3) is 0 Å². The van der Waals surface area contributed by atoms with E-state index in [-0.39, 0.29) is 17.6 Å². The van der Waals surface area contributed by atoms with Crippen LogP contribution in [0.4, 0.5) is 0 Å². The largest absolute Gasteiger partial charge is 0.381 e. The molecule has 1 saturated carbocycles. The fraction of sp³-hybridized carbons (Fsp3) is 0.423. The lowest BCUT2D eigenvalue weighted by Crippen LogP contribution is -2.45. The molecule has 0 atom stereocenters. The second kappa shape index (κ2) is 9.43. The summed E-state index contributed by atoms with van der Waals surface area (Å²) in [4.78, 5) is 27.5. The summed E-state index contributed by atoms with van der Waals surface area (Å²) in [6.07, 6.45) is 5.64. The molecular formula is C26H30N4O3S. The van der Waals surface area contributed by atoms with E-state index in [1.54, 1.807) is 11.8 Å². The van der Waals surface area contributed by atoms with Gasteiger partial charge in [-0.15, -0.1) is 0 Å².